The third-order valence-corrected chi connectivity index (χ3v) is 8.42. The number of nitrogens with zero attached hydrogens (tertiary/aromatic N) is 5. The molecular formula is C27H27ClF4N6OS. The molecule has 13 heteroatoms. The molecule has 40 heavy (non-hydrogen) atoms. The van der Waals surface area contributed by atoms with Gasteiger partial charge in [0.1, 0.15) is 6.17 Å². The Bertz CT molecular complexity index is 1490. The molecule has 2 atom stereocenters. The first-order valence-corrected chi connectivity index (χ1v) is 13.9. The zero-order chi connectivity index (χ0) is 28.6. The summed E-state index contributed by atoms with van der Waals surface area (Å²) in [5.74, 6) is -0.402. The number of benzene rings is 2. The summed E-state index contributed by atoms with van der Waals surface area (Å²) in [6, 6.07) is 8.62. The van der Waals surface area contributed by atoms with Crippen LogP contribution in [-0.4, -0.2) is 76.1 Å². The maximum atomic E-state index is 14.9. The van der Waals surface area contributed by atoms with Crippen molar-refractivity contribution in [2.75, 3.05) is 33.2 Å². The topological polar surface area (TPSA) is 79.8 Å². The minimum atomic E-state index is -4.55. The highest BCUT2D eigenvalue weighted by Gasteiger charge is 2.36. The van der Waals surface area contributed by atoms with Crippen LogP contribution in [0.4, 0.5) is 17.6 Å². The summed E-state index contributed by atoms with van der Waals surface area (Å²) in [6.07, 6.45) is -1.76. The minimum Gasteiger partial charge on any atom is -0.348 e. The Morgan fingerprint density at radius 1 is 1.25 bits per heavy atom. The van der Waals surface area contributed by atoms with E-state index >= 15 is 0 Å². The summed E-state index contributed by atoms with van der Waals surface area (Å²) in [5.41, 5.74) is 6.19. The number of aromatic nitrogens is 2. The van der Waals surface area contributed by atoms with E-state index in [0.29, 0.717) is 52.6 Å². The van der Waals surface area contributed by atoms with Crippen LogP contribution in [0.1, 0.15) is 23.1 Å². The Kier molecular flexibility index (Phi) is 8.23. The van der Waals surface area contributed by atoms with E-state index < -0.39 is 23.8 Å². The van der Waals surface area contributed by atoms with Gasteiger partial charge in [0.05, 0.1) is 34.8 Å². The fourth-order valence-corrected chi connectivity index (χ4v) is 6.16. The Labute approximate surface area is 237 Å². The summed E-state index contributed by atoms with van der Waals surface area (Å²) in [5, 5.41) is 5.45. The fourth-order valence-electron chi connectivity index (χ4n) is 5.05. The van der Waals surface area contributed by atoms with Gasteiger partial charge >= 0.3 is 6.18 Å². The van der Waals surface area contributed by atoms with Crippen LogP contribution in [0.25, 0.3) is 17.0 Å². The van der Waals surface area contributed by atoms with E-state index in [4.69, 9.17) is 17.3 Å². The van der Waals surface area contributed by atoms with Crippen LogP contribution < -0.4 is 5.73 Å². The normalized spacial score (nSPS) is 21.4. The standard InChI is InChI=1S/C27H27ClF4N6OS/c1-36(23-6-8-37(9-7-33)15-21(23)29)26-35-25(39)24(40-26)11-16-2-5-22-18(10-16)13-34-38(22)14-17-3-4-19(28)12-20(17)27(30,31)32/h2-5,10-13,21,23H,6-9,14-15,33H2,1H3. The molecule has 7 nitrogen and oxygen atoms in total. The molecule has 1 fully saturated rings. The van der Waals surface area contributed by atoms with Crippen molar-refractivity contribution < 1.29 is 22.4 Å². The molecule has 1 saturated heterocycles. The van der Waals surface area contributed by atoms with Crippen LogP contribution in [0.5, 0.6) is 0 Å². The van der Waals surface area contributed by atoms with Crippen molar-refractivity contribution in [3.63, 3.8) is 0 Å². The van der Waals surface area contributed by atoms with E-state index in [-0.39, 0.29) is 23.2 Å². The number of aliphatic imine (C=N–C) groups is 1. The van der Waals surface area contributed by atoms with E-state index in [9.17, 15) is 22.4 Å². The Morgan fingerprint density at radius 3 is 2.77 bits per heavy atom. The van der Waals surface area contributed by atoms with Gasteiger partial charge in [-0.05, 0) is 59.7 Å². The maximum absolute atomic E-state index is 14.9. The number of rotatable bonds is 6. The number of hydrogen-bond donors (Lipinski definition) is 1. The number of alkyl halides is 4. The number of carbonyl (C=O) groups excluding carboxylic acids is 1. The van der Waals surface area contributed by atoms with E-state index in [1.165, 1.54) is 28.6 Å². The average molecular weight is 595 g/mol. The number of likely N-dealkylation sites (tertiary alicyclic amines) is 1. The molecule has 3 aromatic rings. The van der Waals surface area contributed by atoms with Crippen LogP contribution in [0.2, 0.25) is 5.02 Å². The number of nitrogens with two attached hydrogens (primary N) is 1. The maximum Gasteiger partial charge on any atom is 0.416 e. The summed E-state index contributed by atoms with van der Waals surface area (Å²) in [4.78, 5) is 21.0. The Morgan fingerprint density at radius 2 is 2.05 bits per heavy atom. The van der Waals surface area contributed by atoms with Gasteiger partial charge in [-0.15, -0.1) is 0 Å². The Hall–Kier alpha value is -2.93. The molecule has 0 saturated carbocycles. The first-order valence-electron chi connectivity index (χ1n) is 12.7. The predicted octanol–water partition coefficient (Wildman–Crippen LogP) is 5.03. The number of piperidine rings is 1. The zero-order valence-corrected chi connectivity index (χ0v) is 23.1. The van der Waals surface area contributed by atoms with E-state index in [1.54, 1.807) is 42.4 Å². The van der Waals surface area contributed by atoms with Crippen molar-refractivity contribution in [1.82, 2.24) is 19.6 Å². The van der Waals surface area contributed by atoms with Crippen molar-refractivity contribution in [3.05, 3.63) is 69.2 Å². The summed E-state index contributed by atoms with van der Waals surface area (Å²) < 4.78 is 57.0. The molecule has 0 spiro atoms. The smallest absolute Gasteiger partial charge is 0.348 e. The van der Waals surface area contributed by atoms with E-state index in [0.717, 1.165) is 12.6 Å². The predicted molar refractivity (Wildman–Crippen MR) is 150 cm³/mol. The molecule has 212 valence electrons. The van der Waals surface area contributed by atoms with E-state index in [1.807, 2.05) is 4.90 Å². The molecule has 1 aromatic heterocycles. The van der Waals surface area contributed by atoms with Crippen LogP contribution >= 0.6 is 23.4 Å². The van der Waals surface area contributed by atoms with Crippen LogP contribution in [0, 0.1) is 0 Å². The minimum absolute atomic E-state index is 0.00847. The molecule has 2 aliphatic heterocycles. The number of hydrogen-bond acceptors (Lipinski definition) is 6. The van der Waals surface area contributed by atoms with Gasteiger partial charge in [0.2, 0.25) is 0 Å². The monoisotopic (exact) mass is 594 g/mol. The molecule has 5 rings (SSSR count). The third-order valence-electron chi connectivity index (χ3n) is 7.11. The lowest BCUT2D eigenvalue weighted by molar-refractivity contribution is -0.138. The van der Waals surface area contributed by atoms with Crippen molar-refractivity contribution >= 4 is 51.4 Å². The van der Waals surface area contributed by atoms with Crippen LogP contribution in [0.3, 0.4) is 0 Å². The lowest BCUT2D eigenvalue weighted by atomic mass is 10.0. The lowest BCUT2D eigenvalue weighted by Crippen LogP contribution is -2.53. The number of amides is 1. The lowest BCUT2D eigenvalue weighted by Gasteiger charge is -2.39. The molecule has 3 heterocycles. The van der Waals surface area contributed by atoms with Crippen molar-refractivity contribution in [1.29, 1.82) is 0 Å². The molecule has 2 unspecified atom stereocenters. The van der Waals surface area contributed by atoms with Gasteiger partial charge in [-0.2, -0.15) is 23.3 Å². The number of thioether (sulfide) groups is 1. The van der Waals surface area contributed by atoms with Gasteiger partial charge in [-0.3, -0.25) is 14.4 Å². The van der Waals surface area contributed by atoms with E-state index in [2.05, 4.69) is 10.1 Å². The quantitative estimate of drug-likeness (QED) is 0.319. The van der Waals surface area contributed by atoms with Crippen molar-refractivity contribution in [2.24, 2.45) is 10.7 Å². The number of amidine groups is 1. The van der Waals surface area contributed by atoms with Crippen molar-refractivity contribution in [3.8, 4) is 0 Å². The number of fused-ring (bicyclic) bond motifs is 1. The van der Waals surface area contributed by atoms with Gasteiger partial charge in [-0.1, -0.05) is 23.7 Å². The summed E-state index contributed by atoms with van der Waals surface area (Å²) >= 11 is 6.99. The average Bonchev–Trinajstić information content (AvgIpc) is 3.47. The van der Waals surface area contributed by atoms with Crippen LogP contribution in [-0.2, 0) is 17.5 Å². The largest absolute Gasteiger partial charge is 0.416 e. The molecule has 0 bridgehead atoms. The number of carbonyl (C=O) groups is 1. The number of halogens is 5. The molecule has 2 N–H and O–H groups in total. The van der Waals surface area contributed by atoms with Gasteiger partial charge in [0, 0.05) is 43.6 Å². The van der Waals surface area contributed by atoms with Gasteiger partial charge in [-0.25, -0.2) is 4.39 Å². The second-order valence-corrected chi connectivity index (χ2v) is 11.2. The Balaban J connectivity index is 1.30. The van der Waals surface area contributed by atoms with Crippen LogP contribution in [0.15, 0.2) is 52.5 Å². The second kappa shape index (κ2) is 11.5. The third kappa shape index (κ3) is 6.04. The molecule has 1 amide bonds. The first-order chi connectivity index (χ1) is 19.0. The molecule has 0 radical (unpaired) electrons. The first kappa shape index (κ1) is 28.6. The molecule has 0 aliphatic carbocycles. The fraction of sp³-hybridized carbons (Fsp3) is 0.370. The molecule has 2 aromatic carbocycles. The van der Waals surface area contributed by atoms with Crippen molar-refractivity contribution in [2.45, 2.75) is 31.4 Å². The van der Waals surface area contributed by atoms with Gasteiger partial charge < -0.3 is 10.6 Å². The summed E-state index contributed by atoms with van der Waals surface area (Å²) in [7, 11) is 1.75. The zero-order valence-electron chi connectivity index (χ0n) is 21.5. The molecular weight excluding hydrogens is 568 g/mol. The highest BCUT2D eigenvalue weighted by molar-refractivity contribution is 8.18. The molecule has 2 aliphatic rings. The SMILES string of the molecule is CN(C1=NC(=O)C(=Cc2ccc3c(cnn3Cc3ccc(Cl)cc3C(F)(F)F)c2)S1)C1CCN(CCN)CC1F. The second-order valence-electron chi connectivity index (χ2n) is 9.80. The highest BCUT2D eigenvalue weighted by Crippen LogP contribution is 2.35. The van der Waals surface area contributed by atoms with Gasteiger partial charge in [0.25, 0.3) is 5.91 Å². The highest BCUT2D eigenvalue weighted by atomic mass is 35.5. The van der Waals surface area contributed by atoms with Gasteiger partial charge in [0.15, 0.2) is 5.17 Å². The summed E-state index contributed by atoms with van der Waals surface area (Å²) in [6.45, 7) is 2.06.